The number of rotatable bonds is 3. The average Bonchev–Trinajstić information content (AvgIpc) is 2.45. The summed E-state index contributed by atoms with van der Waals surface area (Å²) in [5, 5.41) is 5.80. The predicted molar refractivity (Wildman–Crippen MR) is 82.6 cm³/mol. The van der Waals surface area contributed by atoms with Crippen molar-refractivity contribution in [1.82, 2.24) is 4.98 Å². The van der Waals surface area contributed by atoms with Crippen LogP contribution in [-0.4, -0.2) is 10.9 Å². The monoisotopic (exact) mass is 349 g/mol. The Bertz CT molecular complexity index is 705. The molecule has 0 spiro atoms. The minimum absolute atomic E-state index is 0.0313. The molecule has 0 fully saturated rings. The SMILES string of the molecule is O=C1CCc2cc(F)c(NCc3cncc(Br)c3)cc2N1. The summed E-state index contributed by atoms with van der Waals surface area (Å²) in [5.74, 6) is -0.343. The number of benzene rings is 1. The number of carbonyl (C=O) groups is 1. The van der Waals surface area contributed by atoms with Gasteiger partial charge >= 0.3 is 0 Å². The first kappa shape index (κ1) is 14.0. The summed E-state index contributed by atoms with van der Waals surface area (Å²) in [7, 11) is 0. The minimum Gasteiger partial charge on any atom is -0.378 e. The molecule has 2 heterocycles. The van der Waals surface area contributed by atoms with E-state index in [0.717, 1.165) is 15.6 Å². The molecule has 108 valence electrons. The van der Waals surface area contributed by atoms with E-state index < -0.39 is 0 Å². The Morgan fingerprint density at radius 1 is 1.29 bits per heavy atom. The first-order valence-corrected chi connectivity index (χ1v) is 7.37. The highest BCUT2D eigenvalue weighted by Gasteiger charge is 2.17. The molecule has 6 heteroatoms. The summed E-state index contributed by atoms with van der Waals surface area (Å²) in [6.07, 6.45) is 4.39. The number of fused-ring (bicyclic) bond motifs is 1. The first-order valence-electron chi connectivity index (χ1n) is 6.57. The molecule has 0 saturated heterocycles. The number of pyridine rings is 1. The van der Waals surface area contributed by atoms with Crippen molar-refractivity contribution in [2.24, 2.45) is 0 Å². The summed E-state index contributed by atoms with van der Waals surface area (Å²) < 4.78 is 14.9. The second-order valence-corrected chi connectivity index (χ2v) is 5.82. The minimum atomic E-state index is -0.312. The van der Waals surface area contributed by atoms with Crippen LogP contribution in [-0.2, 0) is 17.8 Å². The van der Waals surface area contributed by atoms with Crippen LogP contribution in [0.4, 0.5) is 15.8 Å². The van der Waals surface area contributed by atoms with Crippen molar-refractivity contribution < 1.29 is 9.18 Å². The summed E-state index contributed by atoms with van der Waals surface area (Å²) in [4.78, 5) is 15.5. The van der Waals surface area contributed by atoms with E-state index in [-0.39, 0.29) is 11.7 Å². The summed E-state index contributed by atoms with van der Waals surface area (Å²) in [6.45, 7) is 0.454. The van der Waals surface area contributed by atoms with Crippen LogP contribution in [0.25, 0.3) is 0 Å². The van der Waals surface area contributed by atoms with Crippen molar-refractivity contribution in [2.75, 3.05) is 10.6 Å². The number of nitrogens with zero attached hydrogens (tertiary/aromatic N) is 1. The molecule has 0 saturated carbocycles. The van der Waals surface area contributed by atoms with Gasteiger partial charge in [0.1, 0.15) is 5.82 Å². The summed E-state index contributed by atoms with van der Waals surface area (Å²) in [6, 6.07) is 5.04. The Balaban J connectivity index is 1.79. The smallest absolute Gasteiger partial charge is 0.224 e. The van der Waals surface area contributed by atoms with Gasteiger partial charge < -0.3 is 10.6 Å². The zero-order valence-corrected chi connectivity index (χ0v) is 12.7. The van der Waals surface area contributed by atoms with Crippen LogP contribution in [0, 0.1) is 5.82 Å². The Morgan fingerprint density at radius 3 is 2.95 bits per heavy atom. The van der Waals surface area contributed by atoms with Crippen LogP contribution in [0.1, 0.15) is 17.5 Å². The van der Waals surface area contributed by atoms with Crippen molar-refractivity contribution in [2.45, 2.75) is 19.4 Å². The predicted octanol–water partition coefficient (Wildman–Crippen LogP) is 3.48. The third-order valence-electron chi connectivity index (χ3n) is 3.33. The van der Waals surface area contributed by atoms with Crippen molar-refractivity contribution in [1.29, 1.82) is 0 Å². The van der Waals surface area contributed by atoms with E-state index in [1.54, 1.807) is 18.5 Å². The fraction of sp³-hybridized carbons (Fsp3) is 0.200. The van der Waals surface area contributed by atoms with Crippen LogP contribution in [0.5, 0.6) is 0 Å². The Morgan fingerprint density at radius 2 is 2.14 bits per heavy atom. The molecule has 2 aromatic rings. The summed E-state index contributed by atoms with van der Waals surface area (Å²) in [5.41, 5.74) is 2.82. The van der Waals surface area contributed by atoms with Gasteiger partial charge in [-0.25, -0.2) is 4.39 Å². The number of nitrogens with one attached hydrogen (secondary N) is 2. The third-order valence-corrected chi connectivity index (χ3v) is 3.77. The van der Waals surface area contributed by atoms with Gasteiger partial charge in [0.15, 0.2) is 0 Å². The highest BCUT2D eigenvalue weighted by molar-refractivity contribution is 9.10. The fourth-order valence-electron chi connectivity index (χ4n) is 2.28. The molecule has 1 aromatic carbocycles. The maximum absolute atomic E-state index is 14.1. The lowest BCUT2D eigenvalue weighted by atomic mass is 10.0. The number of hydrogen-bond acceptors (Lipinski definition) is 3. The van der Waals surface area contributed by atoms with E-state index in [4.69, 9.17) is 0 Å². The molecule has 1 aromatic heterocycles. The van der Waals surface area contributed by atoms with Gasteiger partial charge in [0, 0.05) is 35.5 Å². The first-order chi connectivity index (χ1) is 10.1. The maximum Gasteiger partial charge on any atom is 0.224 e. The molecule has 1 aliphatic heterocycles. The molecule has 0 atom stereocenters. The summed E-state index contributed by atoms with van der Waals surface area (Å²) >= 11 is 3.35. The Kier molecular flexibility index (Phi) is 3.88. The quantitative estimate of drug-likeness (QED) is 0.891. The van der Waals surface area contributed by atoms with E-state index in [1.165, 1.54) is 6.07 Å². The number of anilines is 2. The molecule has 3 rings (SSSR count). The Hall–Kier alpha value is -1.95. The lowest BCUT2D eigenvalue weighted by molar-refractivity contribution is -0.116. The molecular weight excluding hydrogens is 337 g/mol. The number of carbonyl (C=O) groups excluding carboxylic acids is 1. The normalized spacial score (nSPS) is 13.5. The second-order valence-electron chi connectivity index (χ2n) is 4.90. The highest BCUT2D eigenvalue weighted by Crippen LogP contribution is 2.28. The number of aryl methyl sites for hydroxylation is 1. The molecule has 0 aliphatic carbocycles. The van der Waals surface area contributed by atoms with Crippen molar-refractivity contribution >= 4 is 33.2 Å². The fourth-order valence-corrected chi connectivity index (χ4v) is 2.70. The standard InChI is InChI=1S/C15H13BrFN3O/c16-11-3-9(6-18-8-11)7-19-14-5-13-10(4-12(14)17)1-2-15(21)20-13/h3-6,8,19H,1-2,7H2,(H,20,21). The van der Waals surface area contributed by atoms with Crippen LogP contribution in [0.3, 0.4) is 0 Å². The van der Waals surface area contributed by atoms with Gasteiger partial charge in [-0.05, 0) is 51.7 Å². The van der Waals surface area contributed by atoms with Gasteiger partial charge in [-0.3, -0.25) is 9.78 Å². The van der Waals surface area contributed by atoms with Crippen molar-refractivity contribution in [3.05, 3.63) is 52.0 Å². The zero-order valence-electron chi connectivity index (χ0n) is 11.1. The number of aromatic nitrogens is 1. The number of hydrogen-bond donors (Lipinski definition) is 2. The molecule has 0 unspecified atom stereocenters. The van der Waals surface area contributed by atoms with Crippen molar-refractivity contribution in [3.8, 4) is 0 Å². The molecule has 0 bridgehead atoms. The second kappa shape index (κ2) is 5.81. The molecule has 1 amide bonds. The van der Waals surface area contributed by atoms with E-state index in [2.05, 4.69) is 31.5 Å². The average molecular weight is 350 g/mol. The van der Waals surface area contributed by atoms with Gasteiger partial charge in [0.2, 0.25) is 5.91 Å². The van der Waals surface area contributed by atoms with Gasteiger partial charge in [0.05, 0.1) is 5.69 Å². The van der Waals surface area contributed by atoms with E-state index in [0.29, 0.717) is 30.8 Å². The van der Waals surface area contributed by atoms with E-state index in [1.807, 2.05) is 6.07 Å². The van der Waals surface area contributed by atoms with Crippen molar-refractivity contribution in [3.63, 3.8) is 0 Å². The van der Waals surface area contributed by atoms with Gasteiger partial charge in [-0.2, -0.15) is 0 Å². The number of amides is 1. The topological polar surface area (TPSA) is 54.0 Å². The van der Waals surface area contributed by atoms with Gasteiger partial charge in [0.25, 0.3) is 0 Å². The van der Waals surface area contributed by atoms with Gasteiger partial charge in [-0.1, -0.05) is 0 Å². The Labute approximate surface area is 129 Å². The molecule has 1 aliphatic rings. The molecule has 2 N–H and O–H groups in total. The molecule has 4 nitrogen and oxygen atoms in total. The maximum atomic E-state index is 14.1. The van der Waals surface area contributed by atoms with Crippen LogP contribution in [0.15, 0.2) is 35.1 Å². The largest absolute Gasteiger partial charge is 0.378 e. The van der Waals surface area contributed by atoms with Gasteiger partial charge in [-0.15, -0.1) is 0 Å². The van der Waals surface area contributed by atoms with Crippen LogP contribution >= 0.6 is 15.9 Å². The number of halogens is 2. The molecule has 0 radical (unpaired) electrons. The lowest BCUT2D eigenvalue weighted by Crippen LogP contribution is -2.19. The van der Waals surface area contributed by atoms with E-state index in [9.17, 15) is 9.18 Å². The highest BCUT2D eigenvalue weighted by atomic mass is 79.9. The van der Waals surface area contributed by atoms with Crippen LogP contribution in [0.2, 0.25) is 0 Å². The lowest BCUT2D eigenvalue weighted by Gasteiger charge is -2.18. The molecular formula is C15H13BrFN3O. The third kappa shape index (κ3) is 3.21. The van der Waals surface area contributed by atoms with E-state index >= 15 is 0 Å². The molecule has 21 heavy (non-hydrogen) atoms. The zero-order chi connectivity index (χ0) is 14.8. The van der Waals surface area contributed by atoms with Crippen LogP contribution < -0.4 is 10.6 Å².